The van der Waals surface area contributed by atoms with Gasteiger partial charge in [-0.1, -0.05) is 25.1 Å². The van der Waals surface area contributed by atoms with E-state index in [1.165, 1.54) is 0 Å². The van der Waals surface area contributed by atoms with Crippen LogP contribution in [0, 0.1) is 12.8 Å². The summed E-state index contributed by atoms with van der Waals surface area (Å²) in [5.74, 6) is 0.163. The van der Waals surface area contributed by atoms with E-state index in [2.05, 4.69) is 0 Å². The van der Waals surface area contributed by atoms with Gasteiger partial charge in [-0.2, -0.15) is 0 Å². The summed E-state index contributed by atoms with van der Waals surface area (Å²) in [6, 6.07) is 7.68. The third-order valence-electron chi connectivity index (χ3n) is 4.40. The van der Waals surface area contributed by atoms with E-state index in [0.29, 0.717) is 19.5 Å². The number of carboxylic acid groups (broad SMARTS) is 1. The summed E-state index contributed by atoms with van der Waals surface area (Å²) < 4.78 is 5.92. The molecule has 0 bridgehead atoms. The molecule has 1 amide bonds. The number of nitrogens with zero attached hydrogens (tertiary/aromatic N) is 1. The number of likely N-dealkylation sites (tertiary alicyclic amines) is 1. The average Bonchev–Trinajstić information content (AvgIpc) is 2.54. The van der Waals surface area contributed by atoms with E-state index in [0.717, 1.165) is 24.2 Å². The molecule has 1 saturated heterocycles. The van der Waals surface area contributed by atoms with Crippen molar-refractivity contribution in [3.8, 4) is 5.75 Å². The molecule has 1 aliphatic rings. The second kappa shape index (κ2) is 7.99. The number of carbonyl (C=O) groups excluding carboxylic acids is 1. The van der Waals surface area contributed by atoms with Crippen LogP contribution in [0.1, 0.15) is 38.2 Å². The molecule has 1 fully saturated rings. The Morgan fingerprint density at radius 1 is 1.30 bits per heavy atom. The highest BCUT2D eigenvalue weighted by Crippen LogP contribution is 2.23. The van der Waals surface area contributed by atoms with Crippen LogP contribution in [0.25, 0.3) is 0 Å². The lowest BCUT2D eigenvalue weighted by atomic mass is 9.93. The van der Waals surface area contributed by atoms with Crippen LogP contribution in [0.5, 0.6) is 5.75 Å². The van der Waals surface area contributed by atoms with Gasteiger partial charge in [-0.25, -0.2) is 0 Å². The van der Waals surface area contributed by atoms with Crippen molar-refractivity contribution in [1.82, 2.24) is 4.90 Å². The molecule has 1 atom stereocenters. The molecule has 23 heavy (non-hydrogen) atoms. The molecular formula is C18H25NO4. The van der Waals surface area contributed by atoms with Crippen molar-refractivity contribution >= 4 is 11.9 Å². The first kappa shape index (κ1) is 17.3. The number of hydrogen-bond acceptors (Lipinski definition) is 3. The van der Waals surface area contributed by atoms with Gasteiger partial charge in [0.2, 0.25) is 0 Å². The largest absolute Gasteiger partial charge is 0.481 e. The first-order valence-electron chi connectivity index (χ1n) is 8.24. The average molecular weight is 319 g/mol. The Kier molecular flexibility index (Phi) is 6.02. The van der Waals surface area contributed by atoms with Crippen LogP contribution in [-0.2, 0) is 9.59 Å². The second-order valence-electron chi connectivity index (χ2n) is 6.15. The molecule has 5 nitrogen and oxygen atoms in total. The summed E-state index contributed by atoms with van der Waals surface area (Å²) in [5, 5.41) is 8.86. The van der Waals surface area contributed by atoms with E-state index in [-0.39, 0.29) is 18.2 Å². The van der Waals surface area contributed by atoms with Gasteiger partial charge in [-0.3, -0.25) is 9.59 Å². The summed E-state index contributed by atoms with van der Waals surface area (Å²) in [4.78, 5) is 25.2. The van der Waals surface area contributed by atoms with E-state index in [1.54, 1.807) is 0 Å². The molecule has 126 valence electrons. The van der Waals surface area contributed by atoms with E-state index in [4.69, 9.17) is 9.84 Å². The molecule has 0 radical (unpaired) electrons. The number of benzene rings is 1. The van der Waals surface area contributed by atoms with Crippen molar-refractivity contribution in [2.24, 2.45) is 5.92 Å². The Bertz CT molecular complexity index is 550. The topological polar surface area (TPSA) is 66.8 Å². The van der Waals surface area contributed by atoms with Gasteiger partial charge in [0.05, 0.1) is 0 Å². The Morgan fingerprint density at radius 3 is 2.52 bits per heavy atom. The molecule has 1 aromatic rings. The van der Waals surface area contributed by atoms with Crippen molar-refractivity contribution < 1.29 is 19.4 Å². The van der Waals surface area contributed by atoms with Crippen LogP contribution in [0.3, 0.4) is 0 Å². The highest BCUT2D eigenvalue weighted by Gasteiger charge is 2.29. The molecule has 1 aromatic carbocycles. The molecule has 0 aromatic heterocycles. The van der Waals surface area contributed by atoms with Gasteiger partial charge in [0.25, 0.3) is 5.91 Å². The Hall–Kier alpha value is -2.04. The Balaban J connectivity index is 1.93. The molecule has 2 rings (SSSR count). The monoisotopic (exact) mass is 319 g/mol. The lowest BCUT2D eigenvalue weighted by Gasteiger charge is -2.33. The highest BCUT2D eigenvalue weighted by atomic mass is 16.5. The number of piperidine rings is 1. The molecular weight excluding hydrogens is 294 g/mol. The number of hydrogen-bond donors (Lipinski definition) is 1. The minimum atomic E-state index is -0.760. The van der Waals surface area contributed by atoms with Crippen LogP contribution in [0.15, 0.2) is 24.3 Å². The van der Waals surface area contributed by atoms with Crippen LogP contribution in [0.4, 0.5) is 0 Å². The third kappa shape index (κ3) is 4.71. The van der Waals surface area contributed by atoms with Gasteiger partial charge >= 0.3 is 5.97 Å². The predicted octanol–water partition coefficient (Wildman–Crippen LogP) is 2.87. The maximum absolute atomic E-state index is 12.7. The van der Waals surface area contributed by atoms with Crippen molar-refractivity contribution in [3.05, 3.63) is 29.8 Å². The normalized spacial score (nSPS) is 16.9. The van der Waals surface area contributed by atoms with E-state index < -0.39 is 12.1 Å². The minimum absolute atomic E-state index is 0.00419. The lowest BCUT2D eigenvalue weighted by Crippen LogP contribution is -2.45. The maximum Gasteiger partial charge on any atom is 0.303 e. The van der Waals surface area contributed by atoms with Crippen molar-refractivity contribution in [2.45, 2.75) is 45.6 Å². The summed E-state index contributed by atoms with van der Waals surface area (Å²) in [7, 11) is 0. The smallest absolute Gasteiger partial charge is 0.303 e. The van der Waals surface area contributed by atoms with Gasteiger partial charge in [0.1, 0.15) is 5.75 Å². The van der Waals surface area contributed by atoms with E-state index in [9.17, 15) is 9.59 Å². The quantitative estimate of drug-likeness (QED) is 0.875. The van der Waals surface area contributed by atoms with Crippen molar-refractivity contribution in [3.63, 3.8) is 0 Å². The number of ether oxygens (including phenoxy) is 1. The Labute approximate surface area is 137 Å². The fourth-order valence-corrected chi connectivity index (χ4v) is 2.96. The van der Waals surface area contributed by atoms with Crippen molar-refractivity contribution in [1.29, 1.82) is 0 Å². The predicted molar refractivity (Wildman–Crippen MR) is 87.4 cm³/mol. The molecule has 0 saturated carbocycles. The molecule has 1 N–H and O–H groups in total. The van der Waals surface area contributed by atoms with Gasteiger partial charge in [0.15, 0.2) is 6.10 Å². The molecule has 0 aliphatic carbocycles. The fraction of sp³-hybridized carbons (Fsp3) is 0.556. The highest BCUT2D eigenvalue weighted by molar-refractivity contribution is 5.81. The maximum atomic E-state index is 12.7. The number of aryl methyl sites for hydroxylation is 1. The number of carbonyl (C=O) groups is 2. The van der Waals surface area contributed by atoms with Crippen LogP contribution < -0.4 is 4.74 Å². The molecule has 1 heterocycles. The molecule has 5 heteroatoms. The zero-order chi connectivity index (χ0) is 16.8. The fourth-order valence-electron chi connectivity index (χ4n) is 2.96. The summed E-state index contributed by atoms with van der Waals surface area (Å²) in [5.41, 5.74) is 1.01. The second-order valence-corrected chi connectivity index (χ2v) is 6.15. The van der Waals surface area contributed by atoms with E-state index in [1.807, 2.05) is 43.0 Å². The number of para-hydroxylation sites is 1. The standard InChI is InChI=1S/C18H25NO4/c1-3-15(23-16-7-5-4-6-13(16)2)18(22)19-10-8-14(9-11-19)12-17(20)21/h4-7,14-15H,3,8-12H2,1-2H3,(H,20,21). The zero-order valence-electron chi connectivity index (χ0n) is 13.8. The number of aliphatic carboxylic acids is 1. The summed E-state index contributed by atoms with van der Waals surface area (Å²) >= 11 is 0. The SMILES string of the molecule is CCC(Oc1ccccc1C)C(=O)N1CCC(CC(=O)O)CC1. The van der Waals surface area contributed by atoms with Crippen molar-refractivity contribution in [2.75, 3.05) is 13.1 Å². The lowest BCUT2D eigenvalue weighted by molar-refractivity contribution is -0.141. The van der Waals surface area contributed by atoms with Crippen LogP contribution in [0.2, 0.25) is 0 Å². The zero-order valence-corrected chi connectivity index (χ0v) is 13.8. The Morgan fingerprint density at radius 2 is 1.96 bits per heavy atom. The van der Waals surface area contributed by atoms with Crippen LogP contribution >= 0.6 is 0 Å². The summed E-state index contributed by atoms with van der Waals surface area (Å²) in [6.45, 7) is 5.14. The first-order valence-corrected chi connectivity index (χ1v) is 8.24. The molecule has 0 spiro atoms. The number of carboxylic acids is 1. The summed E-state index contributed by atoms with van der Waals surface area (Å²) in [6.07, 6.45) is 1.82. The molecule has 1 aliphatic heterocycles. The van der Waals surface area contributed by atoms with Gasteiger partial charge in [-0.15, -0.1) is 0 Å². The third-order valence-corrected chi connectivity index (χ3v) is 4.40. The minimum Gasteiger partial charge on any atom is -0.481 e. The first-order chi connectivity index (χ1) is 11.0. The van der Waals surface area contributed by atoms with Crippen LogP contribution in [-0.4, -0.2) is 41.1 Å². The van der Waals surface area contributed by atoms with E-state index >= 15 is 0 Å². The van der Waals surface area contributed by atoms with Gasteiger partial charge in [-0.05, 0) is 43.7 Å². The number of amides is 1. The van der Waals surface area contributed by atoms with Gasteiger partial charge < -0.3 is 14.7 Å². The van der Waals surface area contributed by atoms with Gasteiger partial charge in [0, 0.05) is 19.5 Å². The number of rotatable bonds is 6. The molecule has 1 unspecified atom stereocenters.